The third-order valence-electron chi connectivity index (χ3n) is 5.71. The van der Waals surface area contributed by atoms with Gasteiger partial charge in [-0.3, -0.25) is 14.7 Å². The average Bonchev–Trinajstić information content (AvgIpc) is 2.87. The number of ether oxygens (including phenoxy) is 4. The second-order valence-electron chi connectivity index (χ2n) is 8.00. The van der Waals surface area contributed by atoms with E-state index in [1.165, 1.54) is 0 Å². The predicted molar refractivity (Wildman–Crippen MR) is 125 cm³/mol. The molecule has 3 heterocycles. The minimum absolute atomic E-state index is 0.0392. The van der Waals surface area contributed by atoms with Crippen molar-refractivity contribution in [3.8, 4) is 17.2 Å². The Hall–Kier alpha value is -3.10. The van der Waals surface area contributed by atoms with Gasteiger partial charge in [0.25, 0.3) is 0 Å². The fourth-order valence-electron chi connectivity index (χ4n) is 3.95. The van der Waals surface area contributed by atoms with E-state index < -0.39 is 0 Å². The second-order valence-corrected chi connectivity index (χ2v) is 8.00. The number of aromatic nitrogens is 1. The van der Waals surface area contributed by atoms with Gasteiger partial charge in [0.05, 0.1) is 20.3 Å². The molecule has 8 nitrogen and oxygen atoms in total. The molecule has 33 heavy (non-hydrogen) atoms. The molecule has 0 radical (unpaired) electrons. The highest BCUT2D eigenvalue weighted by atomic mass is 16.6. The Bertz CT molecular complexity index is 927. The van der Waals surface area contributed by atoms with Crippen LogP contribution in [0.15, 0.2) is 42.7 Å². The van der Waals surface area contributed by atoms with E-state index >= 15 is 0 Å². The van der Waals surface area contributed by atoms with Gasteiger partial charge in [0.2, 0.25) is 11.7 Å². The lowest BCUT2D eigenvalue weighted by Crippen LogP contribution is -2.38. The van der Waals surface area contributed by atoms with Crippen LogP contribution in [0.2, 0.25) is 0 Å². The van der Waals surface area contributed by atoms with Crippen LogP contribution >= 0.6 is 0 Å². The Morgan fingerprint density at radius 3 is 2.73 bits per heavy atom. The number of rotatable bonds is 9. The molecule has 2 aliphatic rings. The SMILES string of the molecule is COc1cc(/C=C/C(=O)N(CCCN2CCOCC2)Cc2ccncc2)cc2c1OCCO2. The number of amides is 1. The molecule has 4 rings (SSSR count). The molecule has 8 heteroatoms. The van der Waals surface area contributed by atoms with Crippen molar-refractivity contribution < 1.29 is 23.7 Å². The molecule has 176 valence electrons. The van der Waals surface area contributed by atoms with Gasteiger partial charge in [0.15, 0.2) is 11.5 Å². The lowest BCUT2D eigenvalue weighted by Gasteiger charge is -2.28. The maximum Gasteiger partial charge on any atom is 0.246 e. The molecule has 0 atom stereocenters. The maximum absolute atomic E-state index is 13.1. The van der Waals surface area contributed by atoms with Gasteiger partial charge in [-0.05, 0) is 47.9 Å². The molecule has 0 unspecified atom stereocenters. The first-order valence-electron chi connectivity index (χ1n) is 11.4. The summed E-state index contributed by atoms with van der Waals surface area (Å²) in [4.78, 5) is 21.5. The van der Waals surface area contributed by atoms with E-state index in [4.69, 9.17) is 18.9 Å². The van der Waals surface area contributed by atoms with Gasteiger partial charge in [-0.25, -0.2) is 0 Å². The van der Waals surface area contributed by atoms with Crippen molar-refractivity contribution in [3.05, 3.63) is 53.9 Å². The smallest absolute Gasteiger partial charge is 0.246 e. The largest absolute Gasteiger partial charge is 0.493 e. The van der Waals surface area contributed by atoms with Crippen LogP contribution in [0.1, 0.15) is 17.5 Å². The molecule has 1 saturated heterocycles. The van der Waals surface area contributed by atoms with E-state index in [2.05, 4.69) is 9.88 Å². The minimum Gasteiger partial charge on any atom is -0.493 e. The van der Waals surface area contributed by atoms with Crippen molar-refractivity contribution in [1.82, 2.24) is 14.8 Å². The Kier molecular flexibility index (Phi) is 8.16. The highest BCUT2D eigenvalue weighted by Crippen LogP contribution is 2.40. The quantitative estimate of drug-likeness (QED) is 0.541. The Morgan fingerprint density at radius 1 is 1.15 bits per heavy atom. The maximum atomic E-state index is 13.1. The number of nitrogens with zero attached hydrogens (tertiary/aromatic N) is 3. The summed E-state index contributed by atoms with van der Waals surface area (Å²) in [6.45, 7) is 6.60. The van der Waals surface area contributed by atoms with Gasteiger partial charge >= 0.3 is 0 Å². The number of fused-ring (bicyclic) bond motifs is 1. The van der Waals surface area contributed by atoms with Gasteiger partial charge < -0.3 is 23.8 Å². The molecular weight excluding hydrogens is 422 g/mol. The van der Waals surface area contributed by atoms with Crippen LogP contribution < -0.4 is 14.2 Å². The number of morpholine rings is 1. The number of carbonyl (C=O) groups is 1. The van der Waals surface area contributed by atoms with Crippen LogP contribution in [-0.2, 0) is 16.1 Å². The molecule has 1 aromatic carbocycles. The Balaban J connectivity index is 1.44. The molecule has 0 N–H and O–H groups in total. The van der Waals surface area contributed by atoms with Gasteiger partial charge in [-0.2, -0.15) is 0 Å². The third kappa shape index (κ3) is 6.46. The highest BCUT2D eigenvalue weighted by Gasteiger charge is 2.18. The second kappa shape index (κ2) is 11.7. The van der Waals surface area contributed by atoms with Gasteiger partial charge in [0, 0.05) is 51.2 Å². The zero-order chi connectivity index (χ0) is 22.9. The van der Waals surface area contributed by atoms with Crippen molar-refractivity contribution >= 4 is 12.0 Å². The summed E-state index contributed by atoms with van der Waals surface area (Å²) in [7, 11) is 1.59. The van der Waals surface area contributed by atoms with E-state index in [1.54, 1.807) is 31.7 Å². The van der Waals surface area contributed by atoms with Gasteiger partial charge in [-0.1, -0.05) is 0 Å². The summed E-state index contributed by atoms with van der Waals surface area (Å²) >= 11 is 0. The fourth-order valence-corrected chi connectivity index (χ4v) is 3.95. The summed E-state index contributed by atoms with van der Waals surface area (Å²) in [6.07, 6.45) is 7.82. The predicted octanol–water partition coefficient (Wildman–Crippen LogP) is 2.63. The van der Waals surface area contributed by atoms with Crippen molar-refractivity contribution in [2.24, 2.45) is 0 Å². The first-order valence-corrected chi connectivity index (χ1v) is 11.4. The topological polar surface area (TPSA) is 73.4 Å². The third-order valence-corrected chi connectivity index (χ3v) is 5.71. The molecule has 0 spiro atoms. The van der Waals surface area contributed by atoms with Crippen LogP contribution in [0, 0.1) is 0 Å². The molecule has 1 fully saturated rings. The monoisotopic (exact) mass is 453 g/mol. The van der Waals surface area contributed by atoms with E-state index in [0.717, 1.165) is 50.4 Å². The number of methoxy groups -OCH3 is 1. The number of hydrogen-bond acceptors (Lipinski definition) is 7. The lowest BCUT2D eigenvalue weighted by molar-refractivity contribution is -0.126. The van der Waals surface area contributed by atoms with Crippen molar-refractivity contribution in [2.45, 2.75) is 13.0 Å². The number of pyridine rings is 1. The summed E-state index contributed by atoms with van der Waals surface area (Å²) in [5.41, 5.74) is 1.88. The van der Waals surface area contributed by atoms with Gasteiger partial charge in [0.1, 0.15) is 13.2 Å². The molecule has 0 saturated carbocycles. The van der Waals surface area contributed by atoms with E-state index in [1.807, 2.05) is 29.2 Å². The van der Waals surface area contributed by atoms with Crippen molar-refractivity contribution in [1.29, 1.82) is 0 Å². The Labute approximate surface area is 194 Å². The van der Waals surface area contributed by atoms with E-state index in [9.17, 15) is 4.79 Å². The normalized spacial score (nSPS) is 16.0. The minimum atomic E-state index is -0.0392. The molecule has 0 bridgehead atoms. The lowest BCUT2D eigenvalue weighted by atomic mass is 10.1. The van der Waals surface area contributed by atoms with Crippen LogP contribution in [0.25, 0.3) is 6.08 Å². The first-order chi connectivity index (χ1) is 16.2. The summed E-state index contributed by atoms with van der Waals surface area (Å²) < 4.78 is 22.2. The fraction of sp³-hybridized carbons (Fsp3) is 0.440. The first kappa shape index (κ1) is 23.1. The van der Waals surface area contributed by atoms with Crippen LogP contribution in [0.5, 0.6) is 17.2 Å². The highest BCUT2D eigenvalue weighted by molar-refractivity contribution is 5.92. The molecule has 2 aliphatic heterocycles. The van der Waals surface area contributed by atoms with Crippen LogP contribution in [0.4, 0.5) is 0 Å². The summed E-state index contributed by atoms with van der Waals surface area (Å²) in [5, 5.41) is 0. The van der Waals surface area contributed by atoms with E-state index in [-0.39, 0.29) is 5.91 Å². The van der Waals surface area contributed by atoms with Crippen molar-refractivity contribution in [2.75, 3.05) is 59.7 Å². The van der Waals surface area contributed by atoms with Crippen LogP contribution in [-0.4, -0.2) is 80.4 Å². The molecule has 1 amide bonds. The summed E-state index contributed by atoms with van der Waals surface area (Å²) in [6, 6.07) is 7.60. The molecule has 1 aromatic heterocycles. The number of hydrogen-bond donors (Lipinski definition) is 0. The average molecular weight is 454 g/mol. The van der Waals surface area contributed by atoms with Gasteiger partial charge in [-0.15, -0.1) is 0 Å². The van der Waals surface area contributed by atoms with Crippen molar-refractivity contribution in [3.63, 3.8) is 0 Å². The zero-order valence-corrected chi connectivity index (χ0v) is 19.1. The molecule has 2 aromatic rings. The summed E-state index contributed by atoms with van der Waals surface area (Å²) in [5.74, 6) is 1.79. The van der Waals surface area contributed by atoms with E-state index in [0.29, 0.717) is 43.6 Å². The molecular formula is C25H31N3O5. The standard InChI is InChI=1S/C25H31N3O5/c1-30-22-17-21(18-23-25(22)33-16-15-32-23)3-4-24(29)28(19-20-5-7-26-8-6-20)10-2-9-27-11-13-31-14-12-27/h3-8,17-18H,2,9-16,19H2,1H3/b4-3+. The Morgan fingerprint density at radius 2 is 1.94 bits per heavy atom. The zero-order valence-electron chi connectivity index (χ0n) is 19.1. The number of carbonyl (C=O) groups excluding carboxylic acids is 1. The molecule has 0 aliphatic carbocycles. The van der Waals surface area contributed by atoms with Crippen LogP contribution in [0.3, 0.4) is 0 Å². The number of benzene rings is 1.